The third-order valence-electron chi connectivity index (χ3n) is 2.41. The Kier molecular flexibility index (Phi) is 9.64. The number of methoxy groups -OCH3 is 2. The maximum atomic E-state index is 12.2. The van der Waals surface area contributed by atoms with Gasteiger partial charge < -0.3 is 23.8 Å². The van der Waals surface area contributed by atoms with Crippen LogP contribution in [-0.4, -0.2) is 57.5 Å². The summed E-state index contributed by atoms with van der Waals surface area (Å²) in [5, 5.41) is 2.26. The molecule has 9 nitrogen and oxygen atoms in total. The second kappa shape index (κ2) is 10.3. The zero-order chi connectivity index (χ0) is 17.2. The van der Waals surface area contributed by atoms with Gasteiger partial charge in [0, 0.05) is 0 Å². The molecule has 0 aliphatic heterocycles. The number of carbonyl (C=O) groups excluding carboxylic acids is 3. The van der Waals surface area contributed by atoms with Crippen molar-refractivity contribution in [3.8, 4) is 0 Å². The van der Waals surface area contributed by atoms with Crippen molar-refractivity contribution in [2.24, 2.45) is 0 Å². The van der Waals surface area contributed by atoms with Gasteiger partial charge in [-0.2, -0.15) is 0 Å². The fraction of sp³-hybridized carbons (Fsp3) is 0.750. The Morgan fingerprint density at radius 2 is 1.59 bits per heavy atom. The minimum atomic E-state index is -3.59. The molecule has 0 saturated carbocycles. The summed E-state index contributed by atoms with van der Waals surface area (Å²) in [6.45, 7) is 3.43. The van der Waals surface area contributed by atoms with Crippen LogP contribution in [0.1, 0.15) is 20.3 Å². The van der Waals surface area contributed by atoms with Crippen molar-refractivity contribution in [3.63, 3.8) is 0 Å². The van der Waals surface area contributed by atoms with Gasteiger partial charge in [0.05, 0.1) is 33.9 Å². The molecular weight excluding hydrogens is 317 g/mol. The van der Waals surface area contributed by atoms with Crippen molar-refractivity contribution in [2.45, 2.75) is 26.3 Å². The molecule has 0 fully saturated rings. The van der Waals surface area contributed by atoms with Gasteiger partial charge in [-0.05, 0) is 13.8 Å². The predicted molar refractivity (Wildman–Crippen MR) is 76.3 cm³/mol. The molecule has 1 amide bonds. The van der Waals surface area contributed by atoms with Gasteiger partial charge in [0.15, 0.2) is 0 Å². The first-order valence-corrected chi connectivity index (χ1v) is 8.36. The summed E-state index contributed by atoms with van der Waals surface area (Å²) in [4.78, 5) is 34.7. The van der Waals surface area contributed by atoms with Crippen molar-refractivity contribution < 1.29 is 37.5 Å². The van der Waals surface area contributed by atoms with E-state index < -0.39 is 44.1 Å². The van der Waals surface area contributed by atoms with Crippen LogP contribution in [-0.2, 0) is 37.5 Å². The van der Waals surface area contributed by atoms with E-state index in [1.807, 2.05) is 0 Å². The fourth-order valence-electron chi connectivity index (χ4n) is 1.52. The minimum Gasteiger partial charge on any atom is -0.469 e. The van der Waals surface area contributed by atoms with Crippen LogP contribution in [0.2, 0.25) is 0 Å². The van der Waals surface area contributed by atoms with E-state index in [1.54, 1.807) is 13.8 Å². The van der Waals surface area contributed by atoms with Gasteiger partial charge in [-0.3, -0.25) is 14.2 Å². The molecule has 0 aliphatic carbocycles. The number of hydrogen-bond acceptors (Lipinski definition) is 8. The topological polar surface area (TPSA) is 117 Å². The van der Waals surface area contributed by atoms with E-state index in [0.717, 1.165) is 14.2 Å². The lowest BCUT2D eigenvalue weighted by Crippen LogP contribution is -2.44. The first-order valence-electron chi connectivity index (χ1n) is 6.64. The van der Waals surface area contributed by atoms with Crippen LogP contribution in [0.15, 0.2) is 0 Å². The summed E-state index contributed by atoms with van der Waals surface area (Å²) in [5.41, 5.74) is 0. The normalized spacial score (nSPS) is 12.4. The Labute approximate surface area is 129 Å². The Morgan fingerprint density at radius 1 is 1.05 bits per heavy atom. The van der Waals surface area contributed by atoms with Gasteiger partial charge in [0.2, 0.25) is 5.91 Å². The first-order chi connectivity index (χ1) is 10.3. The Morgan fingerprint density at radius 3 is 2.00 bits per heavy atom. The SMILES string of the molecule is CCOP(=O)(CC(=O)NC(CC(=O)OC)C(=O)OC)OCC. The van der Waals surface area contributed by atoms with Crippen LogP contribution in [0.25, 0.3) is 0 Å². The maximum absolute atomic E-state index is 12.2. The first kappa shape index (κ1) is 20.6. The summed E-state index contributed by atoms with van der Waals surface area (Å²) in [6, 6.07) is -1.23. The molecule has 1 atom stereocenters. The highest BCUT2D eigenvalue weighted by molar-refractivity contribution is 7.54. The van der Waals surface area contributed by atoms with E-state index in [0.29, 0.717) is 0 Å². The number of hydrogen-bond donors (Lipinski definition) is 1. The second-order valence-electron chi connectivity index (χ2n) is 4.03. The van der Waals surface area contributed by atoms with Crippen LogP contribution < -0.4 is 5.32 Å². The number of nitrogens with one attached hydrogen (secondary N) is 1. The van der Waals surface area contributed by atoms with Crippen molar-refractivity contribution in [1.82, 2.24) is 5.32 Å². The molecular formula is C12H22NO8P. The van der Waals surface area contributed by atoms with Gasteiger partial charge in [-0.25, -0.2) is 4.79 Å². The average molecular weight is 339 g/mol. The minimum absolute atomic E-state index is 0.104. The molecule has 128 valence electrons. The monoisotopic (exact) mass is 339 g/mol. The highest BCUT2D eigenvalue weighted by atomic mass is 31.2. The zero-order valence-electron chi connectivity index (χ0n) is 13.1. The van der Waals surface area contributed by atoms with Crippen LogP contribution in [0.4, 0.5) is 0 Å². The highest BCUT2D eigenvalue weighted by Gasteiger charge is 2.31. The van der Waals surface area contributed by atoms with E-state index in [1.165, 1.54) is 0 Å². The lowest BCUT2D eigenvalue weighted by atomic mass is 10.2. The molecule has 0 rings (SSSR count). The van der Waals surface area contributed by atoms with Crippen LogP contribution in [0.5, 0.6) is 0 Å². The van der Waals surface area contributed by atoms with E-state index in [-0.39, 0.29) is 13.2 Å². The zero-order valence-corrected chi connectivity index (χ0v) is 14.0. The second-order valence-corrected chi connectivity index (χ2v) is 6.08. The third kappa shape index (κ3) is 7.53. The maximum Gasteiger partial charge on any atom is 0.340 e. The van der Waals surface area contributed by atoms with Gasteiger partial charge >= 0.3 is 19.5 Å². The Hall–Kier alpha value is -1.44. The number of rotatable bonds is 10. The van der Waals surface area contributed by atoms with Crippen molar-refractivity contribution >= 4 is 25.4 Å². The largest absolute Gasteiger partial charge is 0.469 e. The molecule has 0 aromatic heterocycles. The summed E-state index contributed by atoms with van der Waals surface area (Å²) in [5.74, 6) is -2.28. The van der Waals surface area contributed by atoms with Crippen LogP contribution >= 0.6 is 7.60 Å². The van der Waals surface area contributed by atoms with Crippen molar-refractivity contribution in [2.75, 3.05) is 33.6 Å². The van der Waals surface area contributed by atoms with Crippen molar-refractivity contribution in [3.05, 3.63) is 0 Å². The standard InChI is InChI=1S/C12H22NO8P/c1-5-20-22(17,21-6-2)8-10(14)13-9(12(16)19-4)7-11(15)18-3/h9H,5-8H2,1-4H3,(H,13,14). The fourth-order valence-corrected chi connectivity index (χ4v) is 3.01. The Bertz CT molecular complexity index is 429. The number of amides is 1. The van der Waals surface area contributed by atoms with E-state index in [9.17, 15) is 18.9 Å². The van der Waals surface area contributed by atoms with E-state index >= 15 is 0 Å². The molecule has 0 heterocycles. The van der Waals surface area contributed by atoms with Gasteiger partial charge in [-0.15, -0.1) is 0 Å². The lowest BCUT2D eigenvalue weighted by molar-refractivity contribution is -0.150. The smallest absolute Gasteiger partial charge is 0.340 e. The third-order valence-corrected chi connectivity index (χ3v) is 4.39. The number of esters is 2. The summed E-state index contributed by atoms with van der Waals surface area (Å²) >= 11 is 0. The molecule has 0 spiro atoms. The summed E-state index contributed by atoms with van der Waals surface area (Å²) < 4.78 is 31.1. The molecule has 0 saturated heterocycles. The molecule has 0 bridgehead atoms. The van der Waals surface area contributed by atoms with Gasteiger partial charge in [0.25, 0.3) is 0 Å². The quantitative estimate of drug-likeness (QED) is 0.451. The highest BCUT2D eigenvalue weighted by Crippen LogP contribution is 2.47. The Balaban J connectivity index is 4.83. The van der Waals surface area contributed by atoms with E-state index in [2.05, 4.69) is 14.8 Å². The molecule has 1 unspecified atom stereocenters. The van der Waals surface area contributed by atoms with Crippen molar-refractivity contribution in [1.29, 1.82) is 0 Å². The van der Waals surface area contributed by atoms with Crippen LogP contribution in [0, 0.1) is 0 Å². The molecule has 0 aromatic carbocycles. The molecule has 22 heavy (non-hydrogen) atoms. The van der Waals surface area contributed by atoms with Gasteiger partial charge in [0.1, 0.15) is 12.2 Å². The van der Waals surface area contributed by atoms with Crippen LogP contribution in [0.3, 0.4) is 0 Å². The lowest BCUT2D eigenvalue weighted by Gasteiger charge is -2.19. The summed E-state index contributed by atoms with van der Waals surface area (Å²) in [7, 11) is -1.33. The average Bonchev–Trinajstić information content (AvgIpc) is 2.45. The molecule has 10 heteroatoms. The molecule has 0 radical (unpaired) electrons. The molecule has 0 aromatic rings. The van der Waals surface area contributed by atoms with Gasteiger partial charge in [-0.1, -0.05) is 0 Å². The van der Waals surface area contributed by atoms with E-state index in [4.69, 9.17) is 9.05 Å². The summed E-state index contributed by atoms with van der Waals surface area (Å²) in [6.07, 6.45) is -0.966. The number of ether oxygens (including phenoxy) is 2. The number of carbonyl (C=O) groups is 3. The molecule has 1 N–H and O–H groups in total. The molecule has 0 aliphatic rings. The predicted octanol–water partition coefficient (Wildman–Crippen LogP) is 0.473.